The lowest BCUT2D eigenvalue weighted by Crippen LogP contribution is -2.59. The van der Waals surface area contributed by atoms with Crippen LogP contribution in [0.5, 0.6) is 0 Å². The Hall–Kier alpha value is -1.39. The first-order valence-corrected chi connectivity index (χ1v) is 7.22. The molecule has 1 saturated carbocycles. The van der Waals surface area contributed by atoms with Gasteiger partial charge in [-0.05, 0) is 25.2 Å². The van der Waals surface area contributed by atoms with Crippen LogP contribution in [0.1, 0.15) is 52.4 Å². The van der Waals surface area contributed by atoms with Gasteiger partial charge in [-0.15, -0.1) is 0 Å². The maximum absolute atomic E-state index is 12.3. The van der Waals surface area contributed by atoms with Crippen molar-refractivity contribution in [2.75, 3.05) is 6.54 Å². The summed E-state index contributed by atoms with van der Waals surface area (Å²) in [7, 11) is 0. The molecular weight excluding hydrogens is 244 g/mol. The number of nitrogens with zero attached hydrogens (tertiary/aromatic N) is 1. The largest absolute Gasteiger partial charge is 0.330 e. The number of carbonyl (C=O) groups excluding carboxylic acids is 3. The summed E-state index contributed by atoms with van der Waals surface area (Å²) in [4.78, 5) is 37.1. The summed E-state index contributed by atoms with van der Waals surface area (Å²) in [6.45, 7) is 4.64. The summed E-state index contributed by atoms with van der Waals surface area (Å²) in [5.74, 6) is -0.352. The Bertz CT molecular complexity index is 401. The molecule has 2 fully saturated rings. The number of unbranched alkanes of at least 4 members (excludes halogenated alkanes) is 1. The molecule has 5 nitrogen and oxygen atoms in total. The van der Waals surface area contributed by atoms with E-state index in [4.69, 9.17) is 0 Å². The van der Waals surface area contributed by atoms with E-state index in [1.165, 1.54) is 4.90 Å². The molecule has 106 valence electrons. The highest BCUT2D eigenvalue weighted by Gasteiger charge is 2.62. The standard InChI is InChI=1S/C14H22N2O3/c1-3-5-6-10(4-2)9-16-12(18)14(7-8-14)11(17)15-13(16)19/h10H,3-9H2,1-2H3,(H,15,17,19). The predicted octanol–water partition coefficient (Wildman–Crippen LogP) is 2.06. The third-order valence-electron chi connectivity index (χ3n) is 4.29. The van der Waals surface area contributed by atoms with E-state index in [-0.39, 0.29) is 5.91 Å². The second-order valence-electron chi connectivity index (χ2n) is 5.67. The Kier molecular flexibility index (Phi) is 3.92. The smallest absolute Gasteiger partial charge is 0.277 e. The molecular formula is C14H22N2O3. The molecule has 1 N–H and O–H groups in total. The van der Waals surface area contributed by atoms with Crippen molar-refractivity contribution in [3.63, 3.8) is 0 Å². The zero-order valence-electron chi connectivity index (χ0n) is 11.7. The molecule has 0 aromatic rings. The van der Waals surface area contributed by atoms with Crippen molar-refractivity contribution in [2.24, 2.45) is 11.3 Å². The van der Waals surface area contributed by atoms with E-state index in [1.807, 2.05) is 0 Å². The minimum Gasteiger partial charge on any atom is -0.277 e. The second kappa shape index (κ2) is 5.31. The molecule has 1 heterocycles. The molecule has 2 rings (SSSR count). The van der Waals surface area contributed by atoms with E-state index in [9.17, 15) is 14.4 Å². The van der Waals surface area contributed by atoms with Gasteiger partial charge in [0, 0.05) is 6.54 Å². The Balaban J connectivity index is 2.04. The van der Waals surface area contributed by atoms with Gasteiger partial charge in [0.15, 0.2) is 0 Å². The third-order valence-corrected chi connectivity index (χ3v) is 4.29. The zero-order valence-corrected chi connectivity index (χ0v) is 11.7. The van der Waals surface area contributed by atoms with Crippen LogP contribution in [0.4, 0.5) is 4.79 Å². The fourth-order valence-electron chi connectivity index (χ4n) is 2.64. The van der Waals surface area contributed by atoms with Crippen LogP contribution in [0, 0.1) is 11.3 Å². The van der Waals surface area contributed by atoms with Gasteiger partial charge in [-0.3, -0.25) is 19.8 Å². The van der Waals surface area contributed by atoms with E-state index >= 15 is 0 Å². The van der Waals surface area contributed by atoms with Crippen LogP contribution in [-0.4, -0.2) is 29.3 Å². The number of hydrogen-bond donors (Lipinski definition) is 1. The highest BCUT2D eigenvalue weighted by molar-refractivity contribution is 6.20. The normalized spacial score (nSPS) is 22.6. The molecule has 1 aliphatic heterocycles. The summed E-state index contributed by atoms with van der Waals surface area (Å²) in [6.07, 6.45) is 5.33. The fourth-order valence-corrected chi connectivity index (χ4v) is 2.64. The van der Waals surface area contributed by atoms with Crippen molar-refractivity contribution in [2.45, 2.75) is 52.4 Å². The summed E-state index contributed by atoms with van der Waals surface area (Å²) < 4.78 is 0. The molecule has 0 aromatic carbocycles. The SMILES string of the molecule is CCCCC(CC)CN1C(=O)NC(=O)C2(CC2)C1=O. The number of rotatable bonds is 6. The van der Waals surface area contributed by atoms with Crippen LogP contribution >= 0.6 is 0 Å². The van der Waals surface area contributed by atoms with Gasteiger partial charge in [0.1, 0.15) is 5.41 Å². The molecule has 1 aliphatic carbocycles. The van der Waals surface area contributed by atoms with E-state index in [0.717, 1.165) is 25.7 Å². The predicted molar refractivity (Wildman–Crippen MR) is 70.2 cm³/mol. The van der Waals surface area contributed by atoms with Crippen molar-refractivity contribution < 1.29 is 14.4 Å². The molecule has 0 bridgehead atoms. The van der Waals surface area contributed by atoms with Crippen molar-refractivity contribution in [1.29, 1.82) is 0 Å². The maximum Gasteiger partial charge on any atom is 0.330 e. The Morgan fingerprint density at radius 3 is 2.47 bits per heavy atom. The number of nitrogens with one attached hydrogen (secondary N) is 1. The van der Waals surface area contributed by atoms with Gasteiger partial charge in [0.2, 0.25) is 11.8 Å². The Morgan fingerprint density at radius 1 is 1.26 bits per heavy atom. The van der Waals surface area contributed by atoms with Crippen LogP contribution in [0.2, 0.25) is 0 Å². The molecule has 0 radical (unpaired) electrons. The lowest BCUT2D eigenvalue weighted by molar-refractivity contribution is -0.145. The first-order valence-electron chi connectivity index (χ1n) is 7.22. The monoisotopic (exact) mass is 266 g/mol. The molecule has 5 heteroatoms. The van der Waals surface area contributed by atoms with Gasteiger partial charge in [0.25, 0.3) is 0 Å². The van der Waals surface area contributed by atoms with Crippen molar-refractivity contribution in [3.05, 3.63) is 0 Å². The van der Waals surface area contributed by atoms with Gasteiger partial charge >= 0.3 is 6.03 Å². The van der Waals surface area contributed by atoms with Crippen LogP contribution in [-0.2, 0) is 9.59 Å². The highest BCUT2D eigenvalue weighted by Crippen LogP contribution is 2.49. The quantitative estimate of drug-likeness (QED) is 0.748. The summed E-state index contributed by atoms with van der Waals surface area (Å²) >= 11 is 0. The molecule has 1 saturated heterocycles. The van der Waals surface area contributed by atoms with Crippen LogP contribution < -0.4 is 5.32 Å². The molecule has 1 unspecified atom stereocenters. The van der Waals surface area contributed by atoms with Crippen molar-refractivity contribution in [1.82, 2.24) is 10.2 Å². The zero-order chi connectivity index (χ0) is 14.0. The fraction of sp³-hybridized carbons (Fsp3) is 0.786. The molecule has 19 heavy (non-hydrogen) atoms. The number of barbiturate groups is 1. The summed E-state index contributed by atoms with van der Waals surface area (Å²) in [5, 5.41) is 2.33. The van der Waals surface area contributed by atoms with Crippen LogP contribution in [0.3, 0.4) is 0 Å². The van der Waals surface area contributed by atoms with Crippen LogP contribution in [0.15, 0.2) is 0 Å². The third kappa shape index (κ3) is 2.51. The van der Waals surface area contributed by atoms with Gasteiger partial charge in [0.05, 0.1) is 0 Å². The lowest BCUT2D eigenvalue weighted by atomic mass is 9.96. The maximum atomic E-state index is 12.3. The number of hydrogen-bond acceptors (Lipinski definition) is 3. The number of carbonyl (C=O) groups is 3. The molecule has 4 amide bonds. The Morgan fingerprint density at radius 2 is 1.95 bits per heavy atom. The first-order chi connectivity index (χ1) is 9.05. The van der Waals surface area contributed by atoms with Gasteiger partial charge in [-0.25, -0.2) is 4.79 Å². The van der Waals surface area contributed by atoms with E-state index in [1.54, 1.807) is 0 Å². The topological polar surface area (TPSA) is 66.5 Å². The minimum absolute atomic E-state index is 0.281. The molecule has 1 spiro atoms. The van der Waals surface area contributed by atoms with Gasteiger partial charge in [-0.1, -0.05) is 33.1 Å². The van der Waals surface area contributed by atoms with E-state index in [0.29, 0.717) is 25.3 Å². The van der Waals surface area contributed by atoms with Crippen molar-refractivity contribution >= 4 is 17.8 Å². The van der Waals surface area contributed by atoms with Gasteiger partial charge in [-0.2, -0.15) is 0 Å². The van der Waals surface area contributed by atoms with E-state index < -0.39 is 17.4 Å². The van der Waals surface area contributed by atoms with Crippen molar-refractivity contribution in [3.8, 4) is 0 Å². The summed E-state index contributed by atoms with van der Waals surface area (Å²) in [6, 6.07) is -0.539. The molecule has 0 aromatic heterocycles. The van der Waals surface area contributed by atoms with Gasteiger partial charge < -0.3 is 0 Å². The van der Waals surface area contributed by atoms with Crippen LogP contribution in [0.25, 0.3) is 0 Å². The first kappa shape index (κ1) is 14.0. The average Bonchev–Trinajstić information content (AvgIpc) is 3.18. The lowest BCUT2D eigenvalue weighted by Gasteiger charge is -2.32. The average molecular weight is 266 g/mol. The van der Waals surface area contributed by atoms with E-state index in [2.05, 4.69) is 19.2 Å². The molecule has 1 atom stereocenters. The number of urea groups is 1. The molecule has 2 aliphatic rings. The summed E-state index contributed by atoms with van der Waals surface area (Å²) in [5.41, 5.74) is -0.906. The second-order valence-corrected chi connectivity index (χ2v) is 5.67. The highest BCUT2D eigenvalue weighted by atomic mass is 16.2. The minimum atomic E-state index is -0.906. The number of imide groups is 2. The number of amides is 4. The Labute approximate surface area is 113 Å².